The number of hydrogen-bond donors (Lipinski definition) is 0. The highest BCUT2D eigenvalue weighted by Crippen LogP contribution is 2.50. The molecular weight excluding hydrogens is 663 g/mol. The first kappa shape index (κ1) is 61.4. The molecule has 0 saturated heterocycles. The summed E-state index contributed by atoms with van der Waals surface area (Å²) in [5.41, 5.74) is 0.854. The molecule has 2 fully saturated rings. The van der Waals surface area contributed by atoms with Gasteiger partial charge in [0.15, 0.2) is 0 Å². The lowest BCUT2D eigenvalue weighted by Crippen LogP contribution is -2.23. The molecule has 0 unspecified atom stereocenters. The van der Waals surface area contributed by atoms with Gasteiger partial charge in [-0.3, -0.25) is 0 Å². The van der Waals surface area contributed by atoms with E-state index in [4.69, 9.17) is 0 Å². The van der Waals surface area contributed by atoms with Crippen molar-refractivity contribution >= 4 is 0 Å². The highest BCUT2D eigenvalue weighted by molar-refractivity contribution is 4.88. The van der Waals surface area contributed by atoms with Crippen LogP contribution in [0.2, 0.25) is 0 Å². The Morgan fingerprint density at radius 2 is 0.780 bits per heavy atom. The molecular formula is C41H85F9. The average molecular weight is 749 g/mol. The maximum absolute atomic E-state index is 11.5. The third-order valence-corrected chi connectivity index (χ3v) is 8.02. The van der Waals surface area contributed by atoms with Crippen LogP contribution in [-0.2, 0) is 0 Å². The summed E-state index contributed by atoms with van der Waals surface area (Å²) >= 11 is 0. The largest absolute Gasteiger partial charge is 0.391 e. The van der Waals surface area contributed by atoms with Crippen molar-refractivity contribution in [3.05, 3.63) is 0 Å². The van der Waals surface area contributed by atoms with Crippen molar-refractivity contribution in [1.29, 1.82) is 0 Å². The fourth-order valence-electron chi connectivity index (χ4n) is 4.08. The lowest BCUT2D eigenvalue weighted by atomic mass is 9.70. The Balaban J connectivity index is -0.000000116. The van der Waals surface area contributed by atoms with Crippen LogP contribution in [0, 0.1) is 40.9 Å². The van der Waals surface area contributed by atoms with Gasteiger partial charge in [0.25, 0.3) is 0 Å². The Morgan fingerprint density at radius 1 is 0.540 bits per heavy atom. The maximum atomic E-state index is 11.5. The molecule has 0 aromatic heterocycles. The van der Waals surface area contributed by atoms with Gasteiger partial charge in [-0.25, -0.2) is 0 Å². The summed E-state index contributed by atoms with van der Waals surface area (Å²) in [5.74, 6) is 1.08. The van der Waals surface area contributed by atoms with Crippen molar-refractivity contribution in [3.8, 4) is 0 Å². The Labute approximate surface area is 306 Å². The standard InChI is InChI=1S/C11H20.2C6H11F3.C5H12.C4H7F3.C4H10.C3H8.C2H6/c1-10-4-8-11(9-5-10)6-2-3-7-11;2*1-3-5(2)4-6(7,8)9;1-4-5(2)3;1-3(2)4(5,6)7;1-4(2)3;1-3-2;1-2/h10H,2-9H2,1H3;2*5H,3-4H2,1-2H3;5H,4H2,1-3H3;3H,1-2H3;4H,1-3H3;3H2,1-2H3;1-2H3/t;2*5-;;;;;/m.00...../s1. The van der Waals surface area contributed by atoms with Crippen LogP contribution in [0.15, 0.2) is 0 Å². The summed E-state index contributed by atoms with van der Waals surface area (Å²) in [6.45, 7) is 32.8. The zero-order chi connectivity index (χ0) is 41.4. The van der Waals surface area contributed by atoms with Gasteiger partial charge in [-0.15, -0.1) is 0 Å². The van der Waals surface area contributed by atoms with Crippen LogP contribution in [-0.4, -0.2) is 18.5 Å². The van der Waals surface area contributed by atoms with Gasteiger partial charge in [0.1, 0.15) is 0 Å². The van der Waals surface area contributed by atoms with E-state index in [0.29, 0.717) is 12.8 Å². The number of alkyl halides is 9. The van der Waals surface area contributed by atoms with Gasteiger partial charge in [0.2, 0.25) is 0 Å². The summed E-state index contributed by atoms with van der Waals surface area (Å²) in [6, 6.07) is 0. The SMILES string of the molecule is CC.CC(C)C.CC(C)C(F)(F)F.CC1CCC2(CCCC2)CC1.CCC.CCC(C)C.CC[C@H](C)CC(F)(F)F.CC[C@H](C)CC(F)(F)F. The number of rotatable bonds is 5. The van der Waals surface area contributed by atoms with E-state index in [1.165, 1.54) is 38.5 Å². The van der Waals surface area contributed by atoms with E-state index in [1.54, 1.807) is 53.4 Å². The highest BCUT2D eigenvalue weighted by Gasteiger charge is 2.36. The monoisotopic (exact) mass is 749 g/mol. The normalized spacial score (nSPS) is 16.5. The summed E-state index contributed by atoms with van der Waals surface area (Å²) in [4.78, 5) is 0. The molecule has 0 N–H and O–H groups in total. The molecule has 0 amide bonds. The van der Waals surface area contributed by atoms with Crippen LogP contribution in [0.5, 0.6) is 0 Å². The molecule has 2 aliphatic rings. The van der Waals surface area contributed by atoms with Gasteiger partial charge in [0, 0.05) is 18.8 Å². The third kappa shape index (κ3) is 56.7. The minimum atomic E-state index is -4.00. The Bertz CT molecular complexity index is 607. The topological polar surface area (TPSA) is 0 Å². The fourth-order valence-corrected chi connectivity index (χ4v) is 4.08. The van der Waals surface area contributed by atoms with Gasteiger partial charge in [0.05, 0.1) is 0 Å². The molecule has 0 aromatic rings. The number of hydrogen-bond acceptors (Lipinski definition) is 0. The van der Waals surface area contributed by atoms with Crippen LogP contribution < -0.4 is 0 Å². The molecule has 2 rings (SSSR count). The van der Waals surface area contributed by atoms with E-state index in [0.717, 1.165) is 37.0 Å². The molecule has 0 heterocycles. The van der Waals surface area contributed by atoms with Crippen LogP contribution in [0.3, 0.4) is 0 Å². The van der Waals surface area contributed by atoms with E-state index in [9.17, 15) is 39.5 Å². The zero-order valence-corrected chi connectivity index (χ0v) is 35.8. The van der Waals surface area contributed by atoms with Crippen molar-refractivity contribution in [3.63, 3.8) is 0 Å². The molecule has 1 spiro atoms. The second kappa shape index (κ2) is 35.4. The molecule has 0 radical (unpaired) electrons. The molecule has 50 heavy (non-hydrogen) atoms. The zero-order valence-electron chi connectivity index (χ0n) is 35.8. The Hall–Kier alpha value is -0.630. The van der Waals surface area contributed by atoms with Crippen LogP contribution in [0.25, 0.3) is 0 Å². The molecule has 0 nitrogen and oxygen atoms in total. The van der Waals surface area contributed by atoms with Crippen molar-refractivity contribution < 1.29 is 39.5 Å². The first-order valence-corrected chi connectivity index (χ1v) is 19.8. The minimum Gasteiger partial charge on any atom is -0.171 e. The third-order valence-electron chi connectivity index (χ3n) is 8.02. The second-order valence-corrected chi connectivity index (χ2v) is 15.5. The van der Waals surface area contributed by atoms with Gasteiger partial charge in [-0.1, -0.05) is 169 Å². The van der Waals surface area contributed by atoms with Crippen LogP contribution in [0.1, 0.15) is 208 Å². The van der Waals surface area contributed by atoms with Crippen LogP contribution >= 0.6 is 0 Å². The molecule has 0 aliphatic heterocycles. The first-order chi connectivity index (χ1) is 22.6. The first-order valence-electron chi connectivity index (χ1n) is 19.8. The van der Waals surface area contributed by atoms with Crippen molar-refractivity contribution in [2.24, 2.45) is 40.9 Å². The van der Waals surface area contributed by atoms with E-state index < -0.39 is 37.3 Å². The Morgan fingerprint density at radius 3 is 0.920 bits per heavy atom. The predicted octanol–water partition coefficient (Wildman–Crippen LogP) is 18.1. The maximum Gasteiger partial charge on any atom is 0.391 e. The van der Waals surface area contributed by atoms with Crippen LogP contribution in [0.4, 0.5) is 39.5 Å². The molecule has 2 saturated carbocycles. The van der Waals surface area contributed by atoms with E-state index in [2.05, 4.69) is 62.3 Å². The van der Waals surface area contributed by atoms with E-state index in [-0.39, 0.29) is 11.8 Å². The van der Waals surface area contributed by atoms with Gasteiger partial charge in [-0.2, -0.15) is 39.5 Å². The molecule has 2 atom stereocenters. The molecule has 2 aliphatic carbocycles. The van der Waals surface area contributed by atoms with Gasteiger partial charge >= 0.3 is 18.5 Å². The van der Waals surface area contributed by atoms with Crippen molar-refractivity contribution in [2.45, 2.75) is 226 Å². The quantitative estimate of drug-likeness (QED) is 0.246. The van der Waals surface area contributed by atoms with Gasteiger partial charge < -0.3 is 0 Å². The summed E-state index contributed by atoms with van der Waals surface area (Å²) < 4.78 is 102. The lowest BCUT2D eigenvalue weighted by Gasteiger charge is -2.36. The molecule has 9 heteroatoms. The number of halogens is 9. The summed E-state index contributed by atoms with van der Waals surface area (Å²) in [5, 5.41) is 0. The Kier molecular flexibility index (Phi) is 43.5. The second-order valence-electron chi connectivity index (χ2n) is 15.5. The molecule has 312 valence electrons. The molecule has 0 bridgehead atoms. The summed E-state index contributed by atoms with van der Waals surface area (Å²) in [6.07, 6.45) is 2.78. The minimum absolute atomic E-state index is 0.231. The van der Waals surface area contributed by atoms with Gasteiger partial charge in [-0.05, 0) is 60.7 Å². The average Bonchev–Trinajstić information content (AvgIpc) is 3.43. The van der Waals surface area contributed by atoms with Crippen molar-refractivity contribution in [1.82, 2.24) is 0 Å². The highest BCUT2D eigenvalue weighted by atomic mass is 19.4. The van der Waals surface area contributed by atoms with Crippen molar-refractivity contribution in [2.75, 3.05) is 0 Å². The van der Waals surface area contributed by atoms with E-state index >= 15 is 0 Å². The summed E-state index contributed by atoms with van der Waals surface area (Å²) in [7, 11) is 0. The smallest absolute Gasteiger partial charge is 0.171 e. The fraction of sp³-hybridized carbons (Fsp3) is 1.00. The lowest BCUT2D eigenvalue weighted by molar-refractivity contribution is -0.164. The molecule has 0 aromatic carbocycles. The van der Waals surface area contributed by atoms with E-state index in [1.807, 2.05) is 13.8 Å². The predicted molar refractivity (Wildman–Crippen MR) is 203 cm³/mol.